The van der Waals surface area contributed by atoms with Crippen molar-refractivity contribution in [3.63, 3.8) is 0 Å². The minimum Gasteiger partial charge on any atom is -0.508 e. The van der Waals surface area contributed by atoms with Gasteiger partial charge in [-0.1, -0.05) is 0 Å². The highest BCUT2D eigenvalue weighted by Crippen LogP contribution is 2.42. The fourth-order valence-corrected chi connectivity index (χ4v) is 7.42. The molecule has 2 saturated heterocycles. The first kappa shape index (κ1) is 38.9. The first-order valence-corrected chi connectivity index (χ1v) is 20.3. The molecule has 0 bridgehead atoms. The number of amides is 1. The first-order chi connectivity index (χ1) is 25.6. The molecule has 0 spiro atoms. The van der Waals surface area contributed by atoms with Gasteiger partial charge in [0.1, 0.15) is 22.9 Å². The van der Waals surface area contributed by atoms with Gasteiger partial charge in [0.2, 0.25) is 16.0 Å². The molecule has 4 heterocycles. The molecular formula is C36H47BrN10O6S. The first-order valence-electron chi connectivity index (χ1n) is 17.6. The fourth-order valence-electron chi connectivity index (χ4n) is 6.62. The van der Waals surface area contributed by atoms with E-state index in [0.717, 1.165) is 66.4 Å². The second kappa shape index (κ2) is 15.9. The molecule has 0 radical (unpaired) electrons. The van der Waals surface area contributed by atoms with E-state index in [4.69, 9.17) is 9.47 Å². The quantitative estimate of drug-likeness (QED) is 0.142. The van der Waals surface area contributed by atoms with Gasteiger partial charge in [-0.2, -0.15) is 10.1 Å². The Bertz CT molecular complexity index is 2060. The molecule has 4 aromatic rings. The van der Waals surface area contributed by atoms with Gasteiger partial charge >= 0.3 is 6.09 Å². The average molecular weight is 828 g/mol. The molecule has 2 aliphatic rings. The molecule has 0 aliphatic carbocycles. The zero-order chi connectivity index (χ0) is 38.8. The largest absolute Gasteiger partial charge is 0.508 e. The Hall–Kier alpha value is -4.81. The Balaban J connectivity index is 1.19. The molecule has 290 valence electrons. The van der Waals surface area contributed by atoms with E-state index in [2.05, 4.69) is 56.5 Å². The number of ether oxygens (including phenoxy) is 2. The smallest absolute Gasteiger partial charge is 0.410 e. The van der Waals surface area contributed by atoms with Crippen LogP contribution < -0.4 is 24.6 Å². The fraction of sp³-hybridized carbons (Fsp3) is 0.444. The molecule has 2 aromatic heterocycles. The Morgan fingerprint density at radius 1 is 1.04 bits per heavy atom. The Morgan fingerprint density at radius 2 is 1.76 bits per heavy atom. The highest BCUT2D eigenvalue weighted by molar-refractivity contribution is 9.10. The van der Waals surface area contributed by atoms with Crippen molar-refractivity contribution in [2.24, 2.45) is 0 Å². The Labute approximate surface area is 324 Å². The zero-order valence-electron chi connectivity index (χ0n) is 31.3. The predicted molar refractivity (Wildman–Crippen MR) is 213 cm³/mol. The lowest BCUT2D eigenvalue weighted by atomic mass is 9.98. The minimum absolute atomic E-state index is 0.0845. The monoisotopic (exact) mass is 826 g/mol. The number of H-pyrrole nitrogens is 1. The molecule has 6 rings (SSSR count). The summed E-state index contributed by atoms with van der Waals surface area (Å²) in [5.41, 5.74) is 3.64. The van der Waals surface area contributed by atoms with E-state index in [1.165, 1.54) is 19.2 Å². The normalized spacial score (nSPS) is 15.9. The summed E-state index contributed by atoms with van der Waals surface area (Å²) in [6.45, 7) is 10.3. The van der Waals surface area contributed by atoms with Crippen LogP contribution in [0.3, 0.4) is 0 Å². The summed E-state index contributed by atoms with van der Waals surface area (Å²) in [7, 11) is -0.599. The number of benzene rings is 2. The lowest BCUT2D eigenvalue weighted by molar-refractivity contribution is 0.00901. The summed E-state index contributed by atoms with van der Waals surface area (Å²) in [5.74, 6) is 1.13. The van der Waals surface area contributed by atoms with Gasteiger partial charge in [0.25, 0.3) is 0 Å². The van der Waals surface area contributed by atoms with Crippen LogP contribution in [0.4, 0.5) is 39.3 Å². The number of hydrogen-bond donors (Lipinski definition) is 4. The van der Waals surface area contributed by atoms with Crippen LogP contribution in [-0.4, -0.2) is 121 Å². The summed E-state index contributed by atoms with van der Waals surface area (Å²) < 4.78 is 37.8. The van der Waals surface area contributed by atoms with Crippen LogP contribution in [0.1, 0.15) is 33.6 Å². The standard InChI is InChI=1S/C36H47BrN10O6S/c1-36(2,3)53-35(49)47-15-13-45(14-16-47)24-9-11-46(12-10-24)30-19-32(52-5)29(18-26(30)23-20-39-40-21-23)42-34-38-22-27(37)33(43-34)41-28-8-7-25(48)17-31(28)44(4)54(6,50)51/h7-8,17-22,24,48H,9-16H2,1-6H3,(H,39,40)(H2,38,41,42,43). The number of carbonyl (C=O) groups is 1. The van der Waals surface area contributed by atoms with E-state index < -0.39 is 15.6 Å². The molecule has 0 unspecified atom stereocenters. The molecule has 54 heavy (non-hydrogen) atoms. The summed E-state index contributed by atoms with van der Waals surface area (Å²) in [4.78, 5) is 28.4. The number of nitrogens with one attached hydrogen (secondary N) is 3. The van der Waals surface area contributed by atoms with E-state index in [0.29, 0.717) is 46.5 Å². The zero-order valence-corrected chi connectivity index (χ0v) is 33.7. The number of carbonyl (C=O) groups excluding carboxylic acids is 1. The number of sulfonamides is 1. The maximum absolute atomic E-state index is 12.6. The molecule has 0 atom stereocenters. The number of piperazine rings is 1. The third kappa shape index (κ3) is 9.10. The van der Waals surface area contributed by atoms with E-state index in [9.17, 15) is 18.3 Å². The van der Waals surface area contributed by atoms with Crippen molar-refractivity contribution in [1.29, 1.82) is 0 Å². The van der Waals surface area contributed by atoms with Crippen molar-refractivity contribution in [3.8, 4) is 22.6 Å². The van der Waals surface area contributed by atoms with Crippen LogP contribution in [0, 0.1) is 0 Å². The number of halogens is 1. The summed E-state index contributed by atoms with van der Waals surface area (Å²) in [6.07, 6.45) is 8.01. The van der Waals surface area contributed by atoms with E-state index >= 15 is 0 Å². The maximum Gasteiger partial charge on any atom is 0.410 e. The van der Waals surface area contributed by atoms with Gasteiger partial charge in [-0.25, -0.2) is 18.2 Å². The number of aromatic nitrogens is 4. The van der Waals surface area contributed by atoms with Crippen molar-refractivity contribution >= 4 is 66.6 Å². The van der Waals surface area contributed by atoms with Crippen LogP contribution in [0.2, 0.25) is 0 Å². The molecule has 0 saturated carbocycles. The average Bonchev–Trinajstić information content (AvgIpc) is 3.67. The molecule has 16 nitrogen and oxygen atoms in total. The Morgan fingerprint density at radius 3 is 2.39 bits per heavy atom. The van der Waals surface area contributed by atoms with Crippen molar-refractivity contribution in [2.45, 2.75) is 45.3 Å². The van der Waals surface area contributed by atoms with E-state index in [1.54, 1.807) is 30.5 Å². The highest BCUT2D eigenvalue weighted by atomic mass is 79.9. The number of methoxy groups -OCH3 is 1. The van der Waals surface area contributed by atoms with Crippen molar-refractivity contribution in [3.05, 3.63) is 53.4 Å². The number of aromatic amines is 1. The third-order valence-electron chi connectivity index (χ3n) is 9.48. The second-order valence-corrected chi connectivity index (χ2v) is 17.2. The topological polar surface area (TPSA) is 181 Å². The molecule has 4 N–H and O–H groups in total. The van der Waals surface area contributed by atoms with Crippen LogP contribution in [0.5, 0.6) is 11.5 Å². The maximum atomic E-state index is 12.6. The van der Waals surface area contributed by atoms with Crippen LogP contribution >= 0.6 is 15.9 Å². The van der Waals surface area contributed by atoms with E-state index in [1.807, 2.05) is 39.1 Å². The summed E-state index contributed by atoms with van der Waals surface area (Å²) >= 11 is 3.49. The van der Waals surface area contributed by atoms with Gasteiger partial charge in [-0.05, 0) is 67.7 Å². The lowest BCUT2D eigenvalue weighted by Gasteiger charge is -2.43. The number of phenols is 1. The lowest BCUT2D eigenvalue weighted by Crippen LogP contribution is -2.55. The number of piperidine rings is 1. The summed E-state index contributed by atoms with van der Waals surface area (Å²) in [5, 5.41) is 23.7. The third-order valence-corrected chi connectivity index (χ3v) is 11.2. The Kier molecular flexibility index (Phi) is 11.4. The van der Waals surface area contributed by atoms with Gasteiger partial charge < -0.3 is 35.0 Å². The van der Waals surface area contributed by atoms with Gasteiger partial charge in [0.15, 0.2) is 0 Å². The van der Waals surface area contributed by atoms with Gasteiger partial charge in [-0.3, -0.25) is 14.3 Å². The van der Waals surface area contributed by atoms with Crippen LogP contribution in [0.25, 0.3) is 11.1 Å². The van der Waals surface area contributed by atoms with Crippen LogP contribution in [-0.2, 0) is 14.8 Å². The van der Waals surface area contributed by atoms with E-state index in [-0.39, 0.29) is 23.5 Å². The number of rotatable bonds is 10. The molecule has 2 fully saturated rings. The molecule has 18 heteroatoms. The molecule has 2 aromatic carbocycles. The number of hydrogen-bond acceptors (Lipinski definition) is 13. The van der Waals surface area contributed by atoms with Crippen LogP contribution in [0.15, 0.2) is 53.4 Å². The van der Waals surface area contributed by atoms with Gasteiger partial charge in [0.05, 0.1) is 41.1 Å². The molecule has 1 amide bonds. The number of anilines is 6. The number of phenolic OH excluding ortho intramolecular Hbond substituents is 1. The SMILES string of the molecule is COc1cc(N2CCC(N3CCN(C(=O)OC(C)(C)C)CC3)CC2)c(-c2cn[nH]c2)cc1Nc1ncc(Br)c(Nc2ccc(O)cc2N(C)S(C)(=O)=O)n1. The van der Waals surface area contributed by atoms with Crippen molar-refractivity contribution in [1.82, 2.24) is 30.0 Å². The number of aromatic hydroxyl groups is 1. The van der Waals surface area contributed by atoms with Gasteiger partial charge in [-0.15, -0.1) is 0 Å². The van der Waals surface area contributed by atoms with Gasteiger partial charge in [0, 0.05) is 93.7 Å². The van der Waals surface area contributed by atoms with Crippen molar-refractivity contribution in [2.75, 3.05) is 79.5 Å². The highest BCUT2D eigenvalue weighted by Gasteiger charge is 2.32. The predicted octanol–water partition coefficient (Wildman–Crippen LogP) is 5.75. The minimum atomic E-state index is -3.62. The summed E-state index contributed by atoms with van der Waals surface area (Å²) in [6, 6.07) is 8.83. The van der Waals surface area contributed by atoms with Crippen molar-refractivity contribution < 1.29 is 27.8 Å². The molecule has 2 aliphatic heterocycles. The number of nitrogens with zero attached hydrogens (tertiary/aromatic N) is 7. The second-order valence-electron chi connectivity index (χ2n) is 14.4. The molecular weight excluding hydrogens is 780 g/mol.